The lowest BCUT2D eigenvalue weighted by Crippen LogP contribution is -2.11. The Morgan fingerprint density at radius 1 is 1.29 bits per heavy atom. The van der Waals surface area contributed by atoms with Crippen molar-refractivity contribution in [2.75, 3.05) is 11.9 Å². The van der Waals surface area contributed by atoms with E-state index in [0.29, 0.717) is 6.54 Å². The van der Waals surface area contributed by atoms with Crippen LogP contribution >= 0.6 is 0 Å². The minimum Gasteiger partial charge on any atom is -0.344 e. The minimum absolute atomic E-state index is 0.566. The lowest BCUT2D eigenvalue weighted by atomic mass is 10.1. The first-order valence-electron chi connectivity index (χ1n) is 5.65. The number of anilines is 2. The molecule has 0 bridgehead atoms. The molecular weight excluding hydrogens is 210 g/mol. The van der Waals surface area contributed by atoms with Gasteiger partial charge in [-0.05, 0) is 36.2 Å². The van der Waals surface area contributed by atoms with Crippen LogP contribution in [0, 0.1) is 6.92 Å². The second-order valence-electron chi connectivity index (χ2n) is 4.10. The van der Waals surface area contributed by atoms with Gasteiger partial charge in [0.1, 0.15) is 0 Å². The summed E-state index contributed by atoms with van der Waals surface area (Å²) in [6.07, 6.45) is 3.68. The molecule has 0 aliphatic heterocycles. The molecule has 3 nitrogen and oxygen atoms in total. The molecule has 1 heterocycles. The van der Waals surface area contributed by atoms with Crippen LogP contribution in [0.4, 0.5) is 11.4 Å². The molecule has 0 atom stereocenters. The molecule has 88 valence electrons. The van der Waals surface area contributed by atoms with Gasteiger partial charge < -0.3 is 10.6 Å². The van der Waals surface area contributed by atoms with E-state index in [1.807, 2.05) is 30.6 Å². The monoisotopic (exact) mass is 227 g/mol. The summed E-state index contributed by atoms with van der Waals surface area (Å²) >= 11 is 0. The second-order valence-corrected chi connectivity index (χ2v) is 4.10. The average molecular weight is 227 g/mol. The lowest BCUT2D eigenvalue weighted by molar-refractivity contribution is 1.06. The molecule has 0 radical (unpaired) electrons. The highest BCUT2D eigenvalue weighted by molar-refractivity contribution is 5.65. The predicted octanol–water partition coefficient (Wildman–Crippen LogP) is 2.62. The minimum atomic E-state index is 0.566. The number of hydrogen-bond donors (Lipinski definition) is 1. The maximum absolute atomic E-state index is 5.66. The zero-order valence-corrected chi connectivity index (χ0v) is 10.2. The summed E-state index contributed by atoms with van der Waals surface area (Å²) in [6.45, 7) is 2.63. The molecule has 17 heavy (non-hydrogen) atoms. The number of aromatic nitrogens is 1. The van der Waals surface area contributed by atoms with E-state index in [-0.39, 0.29) is 0 Å². The summed E-state index contributed by atoms with van der Waals surface area (Å²) in [6, 6.07) is 10.3. The number of nitrogens with zero attached hydrogens (tertiary/aromatic N) is 2. The summed E-state index contributed by atoms with van der Waals surface area (Å²) in [4.78, 5) is 6.26. The van der Waals surface area contributed by atoms with Crippen molar-refractivity contribution in [1.29, 1.82) is 0 Å². The van der Waals surface area contributed by atoms with Crippen LogP contribution in [-0.2, 0) is 6.54 Å². The van der Waals surface area contributed by atoms with Crippen molar-refractivity contribution in [1.82, 2.24) is 4.98 Å². The van der Waals surface area contributed by atoms with Crippen LogP contribution in [0.5, 0.6) is 0 Å². The molecule has 2 N–H and O–H groups in total. The van der Waals surface area contributed by atoms with Crippen molar-refractivity contribution >= 4 is 11.4 Å². The maximum Gasteiger partial charge on any atom is 0.0468 e. The van der Waals surface area contributed by atoms with Crippen LogP contribution in [-0.4, -0.2) is 12.0 Å². The van der Waals surface area contributed by atoms with Gasteiger partial charge in [-0.1, -0.05) is 12.1 Å². The molecule has 0 fully saturated rings. The molecule has 0 spiro atoms. The fourth-order valence-electron chi connectivity index (χ4n) is 1.87. The van der Waals surface area contributed by atoms with E-state index < -0.39 is 0 Å². The van der Waals surface area contributed by atoms with Gasteiger partial charge in [-0.15, -0.1) is 0 Å². The van der Waals surface area contributed by atoms with E-state index in [0.717, 1.165) is 22.5 Å². The average Bonchev–Trinajstić information content (AvgIpc) is 2.38. The Labute approximate surface area is 102 Å². The van der Waals surface area contributed by atoms with E-state index >= 15 is 0 Å². The highest BCUT2D eigenvalue weighted by Crippen LogP contribution is 2.26. The Morgan fingerprint density at radius 3 is 2.82 bits per heavy atom. The van der Waals surface area contributed by atoms with Gasteiger partial charge in [0.15, 0.2) is 0 Å². The number of benzene rings is 1. The summed E-state index contributed by atoms with van der Waals surface area (Å²) in [5.41, 5.74) is 10.3. The van der Waals surface area contributed by atoms with Crippen molar-refractivity contribution < 1.29 is 0 Å². The first kappa shape index (κ1) is 11.6. The van der Waals surface area contributed by atoms with E-state index in [4.69, 9.17) is 5.73 Å². The van der Waals surface area contributed by atoms with Crippen molar-refractivity contribution in [3.05, 3.63) is 53.9 Å². The Bertz CT molecular complexity index is 508. The fraction of sp³-hybridized carbons (Fsp3) is 0.214. The number of aryl methyl sites for hydroxylation is 1. The largest absolute Gasteiger partial charge is 0.344 e. The molecule has 2 rings (SSSR count). The van der Waals surface area contributed by atoms with Crippen LogP contribution in [0.2, 0.25) is 0 Å². The predicted molar refractivity (Wildman–Crippen MR) is 71.4 cm³/mol. The molecule has 1 aromatic carbocycles. The van der Waals surface area contributed by atoms with E-state index in [1.54, 1.807) is 0 Å². The molecule has 1 aromatic heterocycles. The molecule has 0 saturated heterocycles. The van der Waals surface area contributed by atoms with Crippen LogP contribution in [0.15, 0.2) is 42.7 Å². The molecule has 0 unspecified atom stereocenters. The Morgan fingerprint density at radius 2 is 2.12 bits per heavy atom. The molecule has 0 amide bonds. The topological polar surface area (TPSA) is 42.2 Å². The Hall–Kier alpha value is -1.87. The first-order chi connectivity index (χ1) is 8.22. The quantitative estimate of drug-likeness (QED) is 0.876. The standard InChI is InChI=1S/C14H17N3/c1-11-10-16-7-6-14(11)17(2)13-5-3-4-12(8-13)9-15/h3-8,10H,9,15H2,1-2H3. The van der Waals surface area contributed by atoms with Crippen molar-refractivity contribution in [3.8, 4) is 0 Å². The fourth-order valence-corrected chi connectivity index (χ4v) is 1.87. The van der Waals surface area contributed by atoms with Crippen molar-refractivity contribution in [2.24, 2.45) is 5.73 Å². The van der Waals surface area contributed by atoms with E-state index in [9.17, 15) is 0 Å². The number of pyridine rings is 1. The number of rotatable bonds is 3. The third kappa shape index (κ3) is 2.45. The van der Waals surface area contributed by atoms with Crippen LogP contribution < -0.4 is 10.6 Å². The van der Waals surface area contributed by atoms with Gasteiger partial charge >= 0.3 is 0 Å². The molecule has 0 aliphatic rings. The van der Waals surface area contributed by atoms with Gasteiger partial charge in [0.05, 0.1) is 0 Å². The third-order valence-electron chi connectivity index (χ3n) is 2.89. The van der Waals surface area contributed by atoms with Gasteiger partial charge in [-0.3, -0.25) is 4.98 Å². The summed E-state index contributed by atoms with van der Waals surface area (Å²) < 4.78 is 0. The molecule has 0 aliphatic carbocycles. The normalized spacial score (nSPS) is 10.3. The van der Waals surface area contributed by atoms with Gasteiger partial charge in [0, 0.05) is 37.4 Å². The number of nitrogens with two attached hydrogens (primary N) is 1. The van der Waals surface area contributed by atoms with Crippen molar-refractivity contribution in [2.45, 2.75) is 13.5 Å². The van der Waals surface area contributed by atoms with E-state index in [2.05, 4.69) is 36.0 Å². The summed E-state index contributed by atoms with van der Waals surface area (Å²) in [5.74, 6) is 0. The molecule has 2 aromatic rings. The van der Waals surface area contributed by atoms with Crippen LogP contribution in [0.25, 0.3) is 0 Å². The molecule has 0 saturated carbocycles. The summed E-state index contributed by atoms with van der Waals surface area (Å²) in [5, 5.41) is 0. The van der Waals surface area contributed by atoms with Crippen LogP contribution in [0.1, 0.15) is 11.1 Å². The Balaban J connectivity index is 2.37. The second kappa shape index (κ2) is 4.97. The SMILES string of the molecule is Cc1cnccc1N(C)c1cccc(CN)c1. The highest BCUT2D eigenvalue weighted by atomic mass is 15.1. The molecule has 3 heteroatoms. The Kier molecular flexibility index (Phi) is 3.40. The summed E-state index contributed by atoms with van der Waals surface area (Å²) in [7, 11) is 2.05. The molecular formula is C14H17N3. The van der Waals surface area contributed by atoms with Crippen LogP contribution in [0.3, 0.4) is 0 Å². The zero-order chi connectivity index (χ0) is 12.3. The van der Waals surface area contributed by atoms with E-state index in [1.165, 1.54) is 0 Å². The van der Waals surface area contributed by atoms with Gasteiger partial charge in [-0.2, -0.15) is 0 Å². The highest BCUT2D eigenvalue weighted by Gasteiger charge is 2.06. The maximum atomic E-state index is 5.66. The van der Waals surface area contributed by atoms with Gasteiger partial charge in [0.2, 0.25) is 0 Å². The third-order valence-corrected chi connectivity index (χ3v) is 2.89. The van der Waals surface area contributed by atoms with Gasteiger partial charge in [-0.25, -0.2) is 0 Å². The first-order valence-corrected chi connectivity index (χ1v) is 5.65. The smallest absolute Gasteiger partial charge is 0.0468 e. The van der Waals surface area contributed by atoms with Gasteiger partial charge in [0.25, 0.3) is 0 Å². The zero-order valence-electron chi connectivity index (χ0n) is 10.2. The lowest BCUT2D eigenvalue weighted by Gasteiger charge is -2.21. The van der Waals surface area contributed by atoms with Crippen molar-refractivity contribution in [3.63, 3.8) is 0 Å². The number of hydrogen-bond acceptors (Lipinski definition) is 3.